The van der Waals surface area contributed by atoms with Crippen molar-refractivity contribution in [3.8, 4) is 5.75 Å². The Bertz CT molecular complexity index is 1760. The first-order chi connectivity index (χ1) is 22.6. The number of carbonyl (C=O) groups excluding carboxylic acids is 2. The predicted octanol–water partition coefficient (Wildman–Crippen LogP) is 7.41. The first-order valence-corrected chi connectivity index (χ1v) is 17.6. The van der Waals surface area contributed by atoms with Crippen LogP contribution in [0.2, 0.25) is 15.1 Å². The van der Waals surface area contributed by atoms with Gasteiger partial charge in [0.05, 0.1) is 17.7 Å². The van der Waals surface area contributed by atoms with Crippen molar-refractivity contribution in [1.29, 1.82) is 0 Å². The van der Waals surface area contributed by atoms with Crippen molar-refractivity contribution >= 4 is 62.3 Å². The Labute approximate surface area is 291 Å². The lowest BCUT2D eigenvalue weighted by atomic mass is 10.0. The molecule has 12 heteroatoms. The Morgan fingerprint density at radius 1 is 0.872 bits per heavy atom. The largest absolute Gasteiger partial charge is 0.495 e. The zero-order valence-electron chi connectivity index (χ0n) is 26.0. The van der Waals surface area contributed by atoms with Crippen molar-refractivity contribution in [1.82, 2.24) is 10.2 Å². The minimum atomic E-state index is -4.35. The van der Waals surface area contributed by atoms with Gasteiger partial charge in [0, 0.05) is 40.1 Å². The molecule has 0 aliphatic heterocycles. The SMILES string of the molecule is CCCCNC(=O)[C@H](Cc1ccccc1)N(Cc1c(Cl)cccc1Cl)C(=O)CN(c1cc(Cl)ccc1OC)S(=O)(=O)c1ccccc1. The number of carbonyl (C=O) groups is 2. The van der Waals surface area contributed by atoms with E-state index in [4.69, 9.17) is 39.5 Å². The lowest BCUT2D eigenvalue weighted by Crippen LogP contribution is -2.53. The molecule has 0 aliphatic carbocycles. The number of hydrogen-bond donors (Lipinski definition) is 1. The Kier molecular flexibility index (Phi) is 13.0. The molecule has 4 rings (SSSR count). The van der Waals surface area contributed by atoms with Crippen molar-refractivity contribution in [2.75, 3.05) is 24.5 Å². The van der Waals surface area contributed by atoms with E-state index in [1.807, 2.05) is 37.3 Å². The van der Waals surface area contributed by atoms with Gasteiger partial charge in [0.15, 0.2) is 0 Å². The molecule has 1 atom stereocenters. The molecular formula is C35H36Cl3N3O5S. The minimum absolute atomic E-state index is 0.0475. The zero-order valence-corrected chi connectivity index (χ0v) is 29.1. The smallest absolute Gasteiger partial charge is 0.264 e. The van der Waals surface area contributed by atoms with E-state index in [-0.39, 0.29) is 34.3 Å². The number of sulfonamides is 1. The molecule has 4 aromatic rings. The molecule has 0 fully saturated rings. The van der Waals surface area contributed by atoms with Crippen LogP contribution in [0.3, 0.4) is 0 Å². The highest BCUT2D eigenvalue weighted by molar-refractivity contribution is 7.92. The van der Waals surface area contributed by atoms with Gasteiger partial charge in [-0.15, -0.1) is 0 Å². The summed E-state index contributed by atoms with van der Waals surface area (Å²) in [5.74, 6) is -0.883. The molecule has 4 aromatic carbocycles. The molecule has 1 N–H and O–H groups in total. The molecule has 0 bridgehead atoms. The van der Waals surface area contributed by atoms with E-state index >= 15 is 0 Å². The number of nitrogens with one attached hydrogen (secondary N) is 1. The third-order valence-corrected chi connectivity index (χ3v) is 10.2. The van der Waals surface area contributed by atoms with Gasteiger partial charge in [-0.05, 0) is 54.4 Å². The molecule has 8 nitrogen and oxygen atoms in total. The van der Waals surface area contributed by atoms with Gasteiger partial charge in [0.25, 0.3) is 10.0 Å². The van der Waals surface area contributed by atoms with Gasteiger partial charge in [-0.2, -0.15) is 0 Å². The fourth-order valence-corrected chi connectivity index (χ4v) is 7.13. The second kappa shape index (κ2) is 16.9. The van der Waals surface area contributed by atoms with E-state index in [9.17, 15) is 18.0 Å². The summed E-state index contributed by atoms with van der Waals surface area (Å²) in [6.45, 7) is 1.56. The number of anilines is 1. The second-order valence-corrected chi connectivity index (χ2v) is 13.8. The number of benzene rings is 4. The Hall–Kier alpha value is -3.76. The summed E-state index contributed by atoms with van der Waals surface area (Å²) in [5.41, 5.74) is 1.28. The van der Waals surface area contributed by atoms with E-state index in [0.29, 0.717) is 22.2 Å². The van der Waals surface area contributed by atoms with Gasteiger partial charge < -0.3 is 15.0 Å². The lowest BCUT2D eigenvalue weighted by molar-refractivity contribution is -0.140. The highest BCUT2D eigenvalue weighted by Crippen LogP contribution is 2.35. The molecule has 0 aromatic heterocycles. The summed E-state index contributed by atoms with van der Waals surface area (Å²) in [7, 11) is -2.96. The van der Waals surface area contributed by atoms with Crippen molar-refractivity contribution in [3.05, 3.63) is 123 Å². The lowest BCUT2D eigenvalue weighted by Gasteiger charge is -2.34. The topological polar surface area (TPSA) is 96.0 Å². The van der Waals surface area contributed by atoms with Gasteiger partial charge in [-0.1, -0.05) is 103 Å². The molecule has 0 radical (unpaired) electrons. The van der Waals surface area contributed by atoms with E-state index in [1.54, 1.807) is 42.5 Å². The van der Waals surface area contributed by atoms with Crippen LogP contribution in [0, 0.1) is 0 Å². The van der Waals surface area contributed by atoms with Gasteiger partial charge in [0.1, 0.15) is 18.3 Å². The molecular weight excluding hydrogens is 681 g/mol. The van der Waals surface area contributed by atoms with Crippen LogP contribution in [-0.4, -0.2) is 51.4 Å². The van der Waals surface area contributed by atoms with Crippen LogP contribution in [0.25, 0.3) is 0 Å². The number of nitrogens with zero attached hydrogens (tertiary/aromatic N) is 2. The first kappa shape index (κ1) is 36.1. The van der Waals surface area contributed by atoms with E-state index in [2.05, 4.69) is 5.32 Å². The number of ether oxygens (including phenoxy) is 1. The van der Waals surface area contributed by atoms with Crippen LogP contribution in [0.1, 0.15) is 30.9 Å². The third-order valence-electron chi connectivity index (χ3n) is 7.51. The number of methoxy groups -OCH3 is 1. The fraction of sp³-hybridized carbons (Fsp3) is 0.257. The normalized spacial score (nSPS) is 11.9. The predicted molar refractivity (Wildman–Crippen MR) is 188 cm³/mol. The van der Waals surface area contributed by atoms with Crippen LogP contribution >= 0.6 is 34.8 Å². The Balaban J connectivity index is 1.86. The third kappa shape index (κ3) is 9.20. The highest BCUT2D eigenvalue weighted by Gasteiger charge is 2.36. The Morgan fingerprint density at radius 2 is 1.51 bits per heavy atom. The Morgan fingerprint density at radius 3 is 2.13 bits per heavy atom. The van der Waals surface area contributed by atoms with Gasteiger partial charge in [-0.3, -0.25) is 13.9 Å². The fourth-order valence-electron chi connectivity index (χ4n) is 5.00. The highest BCUT2D eigenvalue weighted by atomic mass is 35.5. The second-order valence-electron chi connectivity index (χ2n) is 10.7. The summed E-state index contributed by atoms with van der Waals surface area (Å²) < 4.78 is 34.9. The van der Waals surface area contributed by atoms with E-state index < -0.39 is 34.4 Å². The van der Waals surface area contributed by atoms with Crippen molar-refractivity contribution in [2.24, 2.45) is 0 Å². The monoisotopic (exact) mass is 715 g/mol. The van der Waals surface area contributed by atoms with Crippen LogP contribution < -0.4 is 14.4 Å². The molecule has 0 heterocycles. The van der Waals surface area contributed by atoms with Crippen LogP contribution in [0.15, 0.2) is 102 Å². The molecule has 47 heavy (non-hydrogen) atoms. The molecule has 0 saturated heterocycles. The van der Waals surface area contributed by atoms with Crippen LogP contribution in [-0.2, 0) is 32.6 Å². The minimum Gasteiger partial charge on any atom is -0.495 e. The average molecular weight is 717 g/mol. The summed E-state index contributed by atoms with van der Waals surface area (Å²) in [5, 5.41) is 3.78. The molecule has 0 unspecified atom stereocenters. The first-order valence-electron chi connectivity index (χ1n) is 15.0. The maximum absolute atomic E-state index is 14.7. The number of halogens is 3. The molecule has 0 saturated carbocycles. The summed E-state index contributed by atoms with van der Waals surface area (Å²) in [4.78, 5) is 29.9. The summed E-state index contributed by atoms with van der Waals surface area (Å²) in [6, 6.07) is 25.4. The average Bonchev–Trinajstić information content (AvgIpc) is 3.07. The number of hydrogen-bond acceptors (Lipinski definition) is 5. The van der Waals surface area contributed by atoms with Gasteiger partial charge in [0.2, 0.25) is 11.8 Å². The molecule has 2 amide bonds. The van der Waals surface area contributed by atoms with Gasteiger partial charge in [-0.25, -0.2) is 8.42 Å². The quantitative estimate of drug-likeness (QED) is 0.129. The van der Waals surface area contributed by atoms with Crippen molar-refractivity contribution in [3.63, 3.8) is 0 Å². The molecule has 248 valence electrons. The maximum Gasteiger partial charge on any atom is 0.264 e. The summed E-state index contributed by atoms with van der Waals surface area (Å²) in [6.07, 6.45) is 1.75. The number of unbranched alkanes of at least 4 members (excludes halogenated alkanes) is 1. The van der Waals surface area contributed by atoms with Crippen molar-refractivity contribution in [2.45, 2.75) is 43.7 Å². The van der Waals surface area contributed by atoms with Gasteiger partial charge >= 0.3 is 0 Å². The molecule has 0 aliphatic rings. The number of amides is 2. The van der Waals surface area contributed by atoms with E-state index in [1.165, 1.54) is 36.3 Å². The number of rotatable bonds is 15. The zero-order chi connectivity index (χ0) is 34.0. The summed E-state index contributed by atoms with van der Waals surface area (Å²) >= 11 is 19.5. The maximum atomic E-state index is 14.7. The van der Waals surface area contributed by atoms with Crippen LogP contribution in [0.5, 0.6) is 5.75 Å². The standard InChI is InChI=1S/C35H36Cl3N3O5S/c1-3-4-20-39-35(43)32(21-25-12-7-5-8-13-25)40(23-28-29(37)16-11-17-30(28)38)34(42)24-41(31-22-26(36)18-19-33(31)46-2)47(44,45)27-14-9-6-10-15-27/h5-19,22,32H,3-4,20-21,23-24H2,1-2H3,(H,39,43)/t32-/m0/s1. The molecule has 0 spiro atoms. The van der Waals surface area contributed by atoms with Crippen LogP contribution in [0.4, 0.5) is 5.69 Å². The van der Waals surface area contributed by atoms with Crippen molar-refractivity contribution < 1.29 is 22.7 Å². The van der Waals surface area contributed by atoms with E-state index in [0.717, 1.165) is 22.7 Å².